The molecule has 0 saturated carbocycles. The van der Waals surface area contributed by atoms with E-state index in [-0.39, 0.29) is 12.2 Å². The van der Waals surface area contributed by atoms with Crippen molar-refractivity contribution in [2.75, 3.05) is 26.2 Å². The van der Waals surface area contributed by atoms with Crippen LogP contribution >= 0.6 is 0 Å². The average Bonchev–Trinajstić information content (AvgIpc) is 2.38. The zero-order valence-corrected chi connectivity index (χ0v) is 11.6. The van der Waals surface area contributed by atoms with Crippen LogP contribution in [0.3, 0.4) is 0 Å². The molecule has 0 spiro atoms. The maximum Gasteiger partial charge on any atom is 0.167 e. The number of hydrogen-bond acceptors (Lipinski definition) is 3. The lowest BCUT2D eigenvalue weighted by Gasteiger charge is -2.31. The van der Waals surface area contributed by atoms with Gasteiger partial charge in [0.2, 0.25) is 0 Å². The Kier molecular flexibility index (Phi) is 5.20. The second-order valence-corrected chi connectivity index (χ2v) is 5.08. The van der Waals surface area contributed by atoms with Crippen molar-refractivity contribution in [3.8, 4) is 0 Å². The van der Waals surface area contributed by atoms with Crippen LogP contribution in [0.4, 0.5) is 8.78 Å². The van der Waals surface area contributed by atoms with Crippen molar-refractivity contribution in [3.63, 3.8) is 0 Å². The van der Waals surface area contributed by atoms with E-state index in [1.54, 1.807) is 0 Å². The predicted molar refractivity (Wildman–Crippen MR) is 71.5 cm³/mol. The van der Waals surface area contributed by atoms with Crippen molar-refractivity contribution in [2.45, 2.75) is 25.9 Å². The first kappa shape index (κ1) is 15.1. The van der Waals surface area contributed by atoms with Gasteiger partial charge in [0.05, 0.1) is 6.61 Å². The maximum atomic E-state index is 13.1. The van der Waals surface area contributed by atoms with Crippen LogP contribution in [0.2, 0.25) is 0 Å². The predicted octanol–water partition coefficient (Wildman–Crippen LogP) is 2.19. The molecule has 1 aromatic rings. The maximum absolute atomic E-state index is 13.1. The summed E-state index contributed by atoms with van der Waals surface area (Å²) in [7, 11) is 0. The number of carbonyl (C=O) groups is 1. The molecule has 1 heterocycles. The normalized spacial score (nSPS) is 20.1. The van der Waals surface area contributed by atoms with Crippen molar-refractivity contribution in [2.24, 2.45) is 0 Å². The minimum Gasteiger partial charge on any atom is -0.368 e. The lowest BCUT2D eigenvalue weighted by Crippen LogP contribution is -2.46. The van der Waals surface area contributed by atoms with Gasteiger partial charge in [-0.25, -0.2) is 8.78 Å². The molecular formula is C15H19F2NO2. The molecule has 1 aliphatic rings. The van der Waals surface area contributed by atoms with Crippen molar-refractivity contribution in [1.82, 2.24) is 4.90 Å². The van der Waals surface area contributed by atoms with E-state index in [2.05, 4.69) is 11.8 Å². The first-order valence-electron chi connectivity index (χ1n) is 6.90. The number of ketones is 1. The number of carbonyl (C=O) groups excluding carboxylic acids is 1. The number of morpholine rings is 1. The van der Waals surface area contributed by atoms with E-state index in [1.807, 2.05) is 0 Å². The monoisotopic (exact) mass is 283 g/mol. The highest BCUT2D eigenvalue weighted by Gasteiger charge is 2.26. The van der Waals surface area contributed by atoms with Crippen LogP contribution in [0.15, 0.2) is 18.2 Å². The van der Waals surface area contributed by atoms with Crippen LogP contribution in [-0.4, -0.2) is 43.0 Å². The van der Waals surface area contributed by atoms with Crippen LogP contribution in [0, 0.1) is 11.6 Å². The standard InChI is InChI=1S/C15H19F2NO2/c1-2-3-18-4-5-20-15(10-18)14(19)8-11-6-12(16)9-13(17)7-11/h6-7,9,15H,2-5,8,10H2,1H3. The summed E-state index contributed by atoms with van der Waals surface area (Å²) >= 11 is 0. The number of nitrogens with zero attached hydrogens (tertiary/aromatic N) is 1. The Bertz CT molecular complexity index is 457. The Morgan fingerprint density at radius 1 is 1.35 bits per heavy atom. The lowest BCUT2D eigenvalue weighted by molar-refractivity contribution is -0.135. The smallest absolute Gasteiger partial charge is 0.167 e. The molecule has 0 aromatic heterocycles. The van der Waals surface area contributed by atoms with Gasteiger partial charge in [-0.3, -0.25) is 9.69 Å². The zero-order chi connectivity index (χ0) is 14.5. The molecule has 1 atom stereocenters. The van der Waals surface area contributed by atoms with Crippen LogP contribution in [0.5, 0.6) is 0 Å². The molecule has 0 bridgehead atoms. The summed E-state index contributed by atoms with van der Waals surface area (Å²) in [6.07, 6.45) is 0.525. The topological polar surface area (TPSA) is 29.5 Å². The number of Topliss-reactive ketones (excluding diaryl/α,β-unsaturated/α-hetero) is 1. The molecule has 0 amide bonds. The van der Waals surface area contributed by atoms with Gasteiger partial charge in [-0.1, -0.05) is 6.92 Å². The fourth-order valence-electron chi connectivity index (χ4n) is 2.44. The number of hydrogen-bond donors (Lipinski definition) is 0. The fourth-order valence-corrected chi connectivity index (χ4v) is 2.44. The average molecular weight is 283 g/mol. The van der Waals surface area contributed by atoms with E-state index >= 15 is 0 Å². The summed E-state index contributed by atoms with van der Waals surface area (Å²) in [5, 5.41) is 0. The van der Waals surface area contributed by atoms with E-state index in [9.17, 15) is 13.6 Å². The van der Waals surface area contributed by atoms with Crippen molar-refractivity contribution < 1.29 is 18.3 Å². The molecule has 1 aromatic carbocycles. The Hall–Kier alpha value is -1.33. The SMILES string of the molecule is CCCN1CCOC(C(=O)Cc2cc(F)cc(F)c2)C1. The lowest BCUT2D eigenvalue weighted by atomic mass is 10.0. The van der Waals surface area contributed by atoms with Gasteiger partial charge in [-0.05, 0) is 30.7 Å². The van der Waals surface area contributed by atoms with Gasteiger partial charge in [0.15, 0.2) is 5.78 Å². The minimum atomic E-state index is -0.662. The molecule has 1 unspecified atom stereocenters. The second-order valence-electron chi connectivity index (χ2n) is 5.08. The molecule has 5 heteroatoms. The van der Waals surface area contributed by atoms with Crippen molar-refractivity contribution in [3.05, 3.63) is 35.4 Å². The van der Waals surface area contributed by atoms with E-state index in [1.165, 1.54) is 12.1 Å². The molecule has 2 rings (SSSR count). The zero-order valence-electron chi connectivity index (χ0n) is 11.6. The molecule has 0 aliphatic carbocycles. The van der Waals surface area contributed by atoms with E-state index < -0.39 is 17.7 Å². The highest BCUT2D eigenvalue weighted by molar-refractivity contribution is 5.85. The molecule has 0 radical (unpaired) electrons. The first-order chi connectivity index (χ1) is 9.58. The van der Waals surface area contributed by atoms with Crippen LogP contribution in [0.25, 0.3) is 0 Å². The summed E-state index contributed by atoms with van der Waals surface area (Å²) in [5.41, 5.74) is 0.351. The summed E-state index contributed by atoms with van der Waals surface area (Å²) in [6, 6.07) is 3.18. The quantitative estimate of drug-likeness (QED) is 0.829. The highest BCUT2D eigenvalue weighted by Crippen LogP contribution is 2.13. The third-order valence-corrected chi connectivity index (χ3v) is 3.35. The van der Waals surface area contributed by atoms with Gasteiger partial charge in [0, 0.05) is 25.6 Å². The van der Waals surface area contributed by atoms with Crippen LogP contribution in [-0.2, 0) is 16.0 Å². The molecular weight excluding hydrogens is 264 g/mol. The summed E-state index contributed by atoms with van der Waals surface area (Å²) < 4.78 is 31.7. The van der Waals surface area contributed by atoms with Gasteiger partial charge in [0.25, 0.3) is 0 Å². The Morgan fingerprint density at radius 2 is 2.05 bits per heavy atom. The van der Waals surface area contributed by atoms with Gasteiger partial charge < -0.3 is 4.74 Å². The number of rotatable bonds is 5. The van der Waals surface area contributed by atoms with E-state index in [0.717, 1.165) is 25.6 Å². The van der Waals surface area contributed by atoms with Gasteiger partial charge in [-0.2, -0.15) is 0 Å². The van der Waals surface area contributed by atoms with E-state index in [0.29, 0.717) is 18.7 Å². The Labute approximate surface area is 117 Å². The molecule has 3 nitrogen and oxygen atoms in total. The summed E-state index contributed by atoms with van der Waals surface area (Å²) in [4.78, 5) is 14.3. The molecule has 1 fully saturated rings. The summed E-state index contributed by atoms with van der Waals surface area (Å²) in [5.74, 6) is -1.45. The van der Waals surface area contributed by atoms with Gasteiger partial charge in [0.1, 0.15) is 17.7 Å². The van der Waals surface area contributed by atoms with Crippen molar-refractivity contribution in [1.29, 1.82) is 0 Å². The Morgan fingerprint density at radius 3 is 2.70 bits per heavy atom. The van der Waals surface area contributed by atoms with E-state index in [4.69, 9.17) is 4.74 Å². The van der Waals surface area contributed by atoms with Crippen LogP contribution in [0.1, 0.15) is 18.9 Å². The van der Waals surface area contributed by atoms with Crippen molar-refractivity contribution >= 4 is 5.78 Å². The number of halogens is 2. The Balaban J connectivity index is 1.97. The molecule has 110 valence electrons. The van der Waals surface area contributed by atoms with Crippen LogP contribution < -0.4 is 0 Å². The first-order valence-corrected chi connectivity index (χ1v) is 6.90. The van der Waals surface area contributed by atoms with Gasteiger partial charge >= 0.3 is 0 Å². The third-order valence-electron chi connectivity index (χ3n) is 3.35. The largest absolute Gasteiger partial charge is 0.368 e. The number of benzene rings is 1. The highest BCUT2D eigenvalue weighted by atomic mass is 19.1. The van der Waals surface area contributed by atoms with Gasteiger partial charge in [-0.15, -0.1) is 0 Å². The second kappa shape index (κ2) is 6.90. The number of ether oxygens (including phenoxy) is 1. The minimum absolute atomic E-state index is 0.000683. The molecule has 1 saturated heterocycles. The molecule has 1 aliphatic heterocycles. The fraction of sp³-hybridized carbons (Fsp3) is 0.533. The molecule has 0 N–H and O–H groups in total. The molecule has 20 heavy (non-hydrogen) atoms. The third kappa shape index (κ3) is 4.08. The summed E-state index contributed by atoms with van der Waals surface area (Å²) in [6.45, 7) is 4.92.